The van der Waals surface area contributed by atoms with E-state index in [9.17, 15) is 14.4 Å². The summed E-state index contributed by atoms with van der Waals surface area (Å²) < 4.78 is 0. The molecule has 2 unspecified atom stereocenters. The molecule has 1 aliphatic carbocycles. The molecule has 2 rings (SSSR count). The number of nitrogens with zero attached hydrogens (tertiary/aromatic N) is 1. The highest BCUT2D eigenvalue weighted by atomic mass is 16.4. The largest absolute Gasteiger partial charge is 0.481 e. The van der Waals surface area contributed by atoms with E-state index in [2.05, 4.69) is 10.6 Å². The molecule has 0 heterocycles. The molecule has 1 fully saturated rings. The zero-order valence-corrected chi connectivity index (χ0v) is 13.2. The van der Waals surface area contributed by atoms with Crippen LogP contribution in [0.2, 0.25) is 0 Å². The molecule has 0 spiro atoms. The molecule has 0 radical (unpaired) electrons. The molecule has 7 heteroatoms. The summed E-state index contributed by atoms with van der Waals surface area (Å²) in [5.74, 6) is -2.15. The zero-order valence-electron chi connectivity index (χ0n) is 13.2. The number of anilines is 1. The van der Waals surface area contributed by atoms with Gasteiger partial charge in [-0.05, 0) is 30.5 Å². The highest BCUT2D eigenvalue weighted by Gasteiger charge is 2.41. The lowest BCUT2D eigenvalue weighted by molar-refractivity contribution is -0.152. The summed E-state index contributed by atoms with van der Waals surface area (Å²) in [6.45, 7) is 0.299. The second kappa shape index (κ2) is 7.13. The van der Waals surface area contributed by atoms with Gasteiger partial charge in [-0.15, -0.1) is 0 Å². The summed E-state index contributed by atoms with van der Waals surface area (Å²) in [4.78, 5) is 36.0. The third-order valence-electron chi connectivity index (χ3n) is 3.98. The standard InChI is InChI=1S/C16H21N3O4/c1-19(2)16(23)18-11-5-3-4-10(8-11)9-17-14(20)12-6-7-13(12)15(21)22/h3-5,8,12-13H,6-7,9H2,1-2H3,(H,17,20)(H,18,23)(H,21,22). The van der Waals surface area contributed by atoms with Crippen LogP contribution in [0.5, 0.6) is 0 Å². The summed E-state index contributed by atoms with van der Waals surface area (Å²) >= 11 is 0. The number of nitrogens with one attached hydrogen (secondary N) is 2. The average Bonchev–Trinajstić information content (AvgIpc) is 2.43. The Hall–Kier alpha value is -2.57. The summed E-state index contributed by atoms with van der Waals surface area (Å²) in [6, 6.07) is 6.93. The molecule has 3 amide bonds. The Balaban J connectivity index is 1.90. The lowest BCUT2D eigenvalue weighted by Crippen LogP contribution is -2.43. The van der Waals surface area contributed by atoms with E-state index in [1.165, 1.54) is 4.90 Å². The van der Waals surface area contributed by atoms with Crippen molar-refractivity contribution < 1.29 is 19.5 Å². The van der Waals surface area contributed by atoms with Gasteiger partial charge in [-0.3, -0.25) is 9.59 Å². The average molecular weight is 319 g/mol. The molecule has 1 aromatic rings. The van der Waals surface area contributed by atoms with Gasteiger partial charge < -0.3 is 20.6 Å². The third kappa shape index (κ3) is 4.21. The van der Waals surface area contributed by atoms with E-state index < -0.39 is 17.8 Å². The Kier molecular flexibility index (Phi) is 5.20. The molecule has 0 saturated heterocycles. The second-order valence-electron chi connectivity index (χ2n) is 5.87. The monoisotopic (exact) mass is 319 g/mol. The lowest BCUT2D eigenvalue weighted by atomic mass is 9.73. The maximum atomic E-state index is 12.0. The van der Waals surface area contributed by atoms with Crippen LogP contribution >= 0.6 is 0 Å². The van der Waals surface area contributed by atoms with Crippen molar-refractivity contribution in [3.8, 4) is 0 Å². The van der Waals surface area contributed by atoms with Crippen molar-refractivity contribution in [2.24, 2.45) is 11.8 Å². The fourth-order valence-corrected chi connectivity index (χ4v) is 2.42. The number of carboxylic acids is 1. The van der Waals surface area contributed by atoms with Gasteiger partial charge >= 0.3 is 12.0 Å². The van der Waals surface area contributed by atoms with Crippen molar-refractivity contribution in [1.82, 2.24) is 10.2 Å². The maximum absolute atomic E-state index is 12.0. The third-order valence-corrected chi connectivity index (χ3v) is 3.98. The van der Waals surface area contributed by atoms with Gasteiger partial charge in [0.15, 0.2) is 0 Å². The van der Waals surface area contributed by atoms with Crippen LogP contribution in [0.25, 0.3) is 0 Å². The first-order valence-corrected chi connectivity index (χ1v) is 7.46. The van der Waals surface area contributed by atoms with Crippen molar-refractivity contribution in [3.63, 3.8) is 0 Å². The molecule has 3 N–H and O–H groups in total. The molecule has 2 atom stereocenters. The summed E-state index contributed by atoms with van der Waals surface area (Å²) in [6.07, 6.45) is 1.17. The maximum Gasteiger partial charge on any atom is 0.321 e. The van der Waals surface area contributed by atoms with E-state index in [-0.39, 0.29) is 11.9 Å². The molecule has 124 valence electrons. The van der Waals surface area contributed by atoms with Crippen molar-refractivity contribution in [3.05, 3.63) is 29.8 Å². The topological polar surface area (TPSA) is 98.7 Å². The Morgan fingerprint density at radius 1 is 1.22 bits per heavy atom. The summed E-state index contributed by atoms with van der Waals surface area (Å²) in [5, 5.41) is 14.5. The number of carbonyl (C=O) groups excluding carboxylic acids is 2. The number of benzene rings is 1. The fourth-order valence-electron chi connectivity index (χ4n) is 2.42. The molecule has 0 aliphatic heterocycles. The number of amides is 3. The Morgan fingerprint density at radius 3 is 2.48 bits per heavy atom. The number of hydrogen-bond acceptors (Lipinski definition) is 3. The van der Waals surface area contributed by atoms with Crippen LogP contribution in [0, 0.1) is 11.8 Å². The number of hydrogen-bond donors (Lipinski definition) is 3. The molecule has 1 saturated carbocycles. The van der Waals surface area contributed by atoms with E-state index in [1.54, 1.807) is 32.3 Å². The number of carboxylic acid groups (broad SMARTS) is 1. The lowest BCUT2D eigenvalue weighted by Gasteiger charge is -2.31. The van der Waals surface area contributed by atoms with Crippen molar-refractivity contribution in [1.29, 1.82) is 0 Å². The van der Waals surface area contributed by atoms with E-state index >= 15 is 0 Å². The summed E-state index contributed by atoms with van der Waals surface area (Å²) in [5.41, 5.74) is 1.48. The highest BCUT2D eigenvalue weighted by molar-refractivity contribution is 5.89. The van der Waals surface area contributed by atoms with Crippen LogP contribution in [-0.2, 0) is 16.1 Å². The number of rotatable bonds is 5. The van der Waals surface area contributed by atoms with Crippen molar-refractivity contribution in [2.75, 3.05) is 19.4 Å². The molecule has 7 nitrogen and oxygen atoms in total. The SMILES string of the molecule is CN(C)C(=O)Nc1cccc(CNC(=O)C2CCC2C(=O)O)c1. The Labute approximate surface area is 134 Å². The Bertz CT molecular complexity index is 615. The molecule has 1 aliphatic rings. The van der Waals surface area contributed by atoms with Crippen LogP contribution in [0.1, 0.15) is 18.4 Å². The van der Waals surface area contributed by atoms with Crippen molar-refractivity contribution in [2.45, 2.75) is 19.4 Å². The zero-order chi connectivity index (χ0) is 17.0. The van der Waals surface area contributed by atoms with Crippen LogP contribution in [0.3, 0.4) is 0 Å². The van der Waals surface area contributed by atoms with E-state index in [4.69, 9.17) is 5.11 Å². The fraction of sp³-hybridized carbons (Fsp3) is 0.438. The minimum absolute atomic E-state index is 0.230. The van der Waals surface area contributed by atoms with Crippen molar-refractivity contribution >= 4 is 23.6 Å². The van der Waals surface area contributed by atoms with Crippen LogP contribution in [0.4, 0.5) is 10.5 Å². The van der Waals surface area contributed by atoms with Gasteiger partial charge in [0.2, 0.25) is 5.91 Å². The van der Waals surface area contributed by atoms with Gasteiger partial charge in [-0.2, -0.15) is 0 Å². The van der Waals surface area contributed by atoms with E-state index in [1.807, 2.05) is 6.07 Å². The predicted molar refractivity (Wildman–Crippen MR) is 84.8 cm³/mol. The number of carbonyl (C=O) groups is 3. The quantitative estimate of drug-likeness (QED) is 0.766. The van der Waals surface area contributed by atoms with E-state index in [0.29, 0.717) is 25.1 Å². The number of aliphatic carboxylic acids is 1. The molecule has 23 heavy (non-hydrogen) atoms. The van der Waals surface area contributed by atoms with Gasteiger partial charge in [-0.25, -0.2) is 4.79 Å². The Morgan fingerprint density at radius 2 is 1.91 bits per heavy atom. The molecule has 0 aromatic heterocycles. The minimum atomic E-state index is -0.912. The molecule has 0 bridgehead atoms. The van der Waals surface area contributed by atoms with Gasteiger partial charge in [0.1, 0.15) is 0 Å². The van der Waals surface area contributed by atoms with Crippen LogP contribution in [0.15, 0.2) is 24.3 Å². The molecular weight excluding hydrogens is 298 g/mol. The van der Waals surface area contributed by atoms with Crippen LogP contribution < -0.4 is 10.6 Å². The van der Waals surface area contributed by atoms with E-state index in [0.717, 1.165) is 5.56 Å². The van der Waals surface area contributed by atoms with Gasteiger partial charge in [-0.1, -0.05) is 12.1 Å². The molecular formula is C16H21N3O4. The predicted octanol–water partition coefficient (Wildman–Crippen LogP) is 1.51. The normalized spacial score (nSPS) is 19.4. The van der Waals surface area contributed by atoms with Crippen LogP contribution in [-0.4, -0.2) is 42.0 Å². The van der Waals surface area contributed by atoms with Gasteiger partial charge in [0, 0.05) is 26.3 Å². The smallest absolute Gasteiger partial charge is 0.321 e. The highest BCUT2D eigenvalue weighted by Crippen LogP contribution is 2.34. The summed E-state index contributed by atoms with van der Waals surface area (Å²) in [7, 11) is 3.30. The first-order valence-electron chi connectivity index (χ1n) is 7.46. The first kappa shape index (κ1) is 16.8. The minimum Gasteiger partial charge on any atom is -0.481 e. The number of urea groups is 1. The second-order valence-corrected chi connectivity index (χ2v) is 5.87. The first-order chi connectivity index (χ1) is 10.9. The molecule has 1 aromatic carbocycles. The van der Waals surface area contributed by atoms with Gasteiger partial charge in [0.25, 0.3) is 0 Å². The van der Waals surface area contributed by atoms with Gasteiger partial charge in [0.05, 0.1) is 11.8 Å².